The van der Waals surface area contributed by atoms with Gasteiger partial charge in [0.25, 0.3) is 0 Å². The molecule has 0 aliphatic carbocycles. The molecular weight excluding hydrogens is 411 g/mol. The molecule has 4 aromatic heterocycles. The number of nitrogens with one attached hydrogen (secondary N) is 2. The molecule has 0 unspecified atom stereocenters. The van der Waals surface area contributed by atoms with E-state index in [4.69, 9.17) is 0 Å². The first-order valence-electron chi connectivity index (χ1n) is 6.52. The van der Waals surface area contributed by atoms with Gasteiger partial charge in [-0.25, -0.2) is 4.79 Å². The highest BCUT2D eigenvalue weighted by molar-refractivity contribution is 14.1. The summed E-state index contributed by atoms with van der Waals surface area (Å²) in [5, 5.41) is 13.4. The number of fused-ring (bicyclic) bond motifs is 2. The Morgan fingerprint density at radius 3 is 2.57 bits per heavy atom. The number of ether oxygens (including phenoxy) is 1. The highest BCUT2D eigenvalue weighted by Crippen LogP contribution is 2.13. The Morgan fingerprint density at radius 2 is 1.83 bits per heavy atom. The fraction of sp³-hybridized carbons (Fsp3) is 0.0714. The van der Waals surface area contributed by atoms with Crippen LogP contribution in [0.2, 0.25) is 0 Å². The summed E-state index contributed by atoms with van der Waals surface area (Å²) in [6.07, 6.45) is 3.37. The molecule has 4 heterocycles. The predicted molar refractivity (Wildman–Crippen MR) is 91.8 cm³/mol. The molecule has 0 saturated carbocycles. The number of methoxy groups -OCH3 is 1. The number of rotatable bonds is 1. The highest BCUT2D eigenvalue weighted by atomic mass is 127. The van der Waals surface area contributed by atoms with Crippen LogP contribution in [0, 0.1) is 3.70 Å². The Labute approximate surface area is 143 Å². The molecule has 0 radical (unpaired) electrons. The zero-order valence-electron chi connectivity index (χ0n) is 11.9. The van der Waals surface area contributed by atoms with Crippen molar-refractivity contribution in [2.24, 2.45) is 0 Å². The van der Waals surface area contributed by atoms with Crippen LogP contribution in [0.15, 0.2) is 36.7 Å². The van der Waals surface area contributed by atoms with Crippen LogP contribution in [-0.2, 0) is 4.74 Å². The number of hydrogen-bond donors (Lipinski definition) is 2. The zero-order valence-corrected chi connectivity index (χ0v) is 14.1. The SMILES string of the molecule is COC(=O)c1n[nH]c2cccnc12.Ic1[nH]nc2cccnc12. The first-order valence-corrected chi connectivity index (χ1v) is 7.60. The normalized spacial score (nSPS) is 10.3. The molecular formula is C14H11IN6O2. The molecule has 116 valence electrons. The lowest BCUT2D eigenvalue weighted by Gasteiger charge is -1.92. The Kier molecular flexibility index (Phi) is 4.46. The van der Waals surface area contributed by atoms with E-state index in [0.29, 0.717) is 5.52 Å². The summed E-state index contributed by atoms with van der Waals surface area (Å²) in [6, 6.07) is 7.36. The predicted octanol–water partition coefficient (Wildman–Crippen LogP) is 2.31. The topological polar surface area (TPSA) is 109 Å². The number of carbonyl (C=O) groups excluding carboxylic acids is 1. The molecule has 0 amide bonds. The molecule has 0 bridgehead atoms. The minimum atomic E-state index is -0.482. The van der Waals surface area contributed by atoms with Crippen molar-refractivity contribution in [3.05, 3.63) is 46.1 Å². The van der Waals surface area contributed by atoms with Crippen LogP contribution >= 0.6 is 22.6 Å². The number of esters is 1. The highest BCUT2D eigenvalue weighted by Gasteiger charge is 2.14. The molecule has 0 aromatic carbocycles. The molecule has 0 aliphatic heterocycles. The first kappa shape index (κ1) is 15.3. The molecule has 0 fully saturated rings. The lowest BCUT2D eigenvalue weighted by atomic mass is 10.3. The van der Waals surface area contributed by atoms with Gasteiger partial charge in [-0.1, -0.05) is 0 Å². The Morgan fingerprint density at radius 1 is 1.09 bits per heavy atom. The maximum atomic E-state index is 11.1. The maximum absolute atomic E-state index is 11.1. The van der Waals surface area contributed by atoms with Crippen LogP contribution in [0.5, 0.6) is 0 Å². The third-order valence-electron chi connectivity index (χ3n) is 2.97. The van der Waals surface area contributed by atoms with Gasteiger partial charge in [-0.15, -0.1) is 0 Å². The van der Waals surface area contributed by atoms with Gasteiger partial charge in [0.05, 0.1) is 12.6 Å². The number of H-pyrrole nitrogens is 2. The van der Waals surface area contributed by atoms with Gasteiger partial charge in [-0.05, 0) is 46.9 Å². The molecule has 9 heteroatoms. The lowest BCUT2D eigenvalue weighted by molar-refractivity contribution is 0.0596. The second-order valence-electron chi connectivity index (χ2n) is 4.37. The second-order valence-corrected chi connectivity index (χ2v) is 5.45. The summed E-state index contributed by atoms with van der Waals surface area (Å²) in [5.41, 5.74) is 3.35. The van der Waals surface area contributed by atoms with Crippen molar-refractivity contribution in [2.75, 3.05) is 7.11 Å². The minimum Gasteiger partial charge on any atom is -0.464 e. The van der Waals surface area contributed by atoms with Crippen molar-refractivity contribution < 1.29 is 9.53 Å². The van der Waals surface area contributed by atoms with Crippen LogP contribution in [0.4, 0.5) is 0 Å². The maximum Gasteiger partial charge on any atom is 0.360 e. The van der Waals surface area contributed by atoms with Crippen molar-refractivity contribution in [1.29, 1.82) is 0 Å². The molecule has 0 atom stereocenters. The van der Waals surface area contributed by atoms with Crippen LogP contribution in [-0.4, -0.2) is 43.4 Å². The second kappa shape index (κ2) is 6.69. The van der Waals surface area contributed by atoms with Crippen LogP contribution < -0.4 is 0 Å². The molecule has 0 saturated heterocycles. The molecule has 2 N–H and O–H groups in total. The van der Waals surface area contributed by atoms with Crippen LogP contribution in [0.1, 0.15) is 10.5 Å². The van der Waals surface area contributed by atoms with Gasteiger partial charge in [0, 0.05) is 12.4 Å². The van der Waals surface area contributed by atoms with Gasteiger partial charge >= 0.3 is 5.97 Å². The van der Waals surface area contributed by atoms with E-state index in [1.54, 1.807) is 24.5 Å². The van der Waals surface area contributed by atoms with E-state index in [-0.39, 0.29) is 5.69 Å². The monoisotopic (exact) mass is 422 g/mol. The number of hydrogen-bond acceptors (Lipinski definition) is 6. The largest absolute Gasteiger partial charge is 0.464 e. The summed E-state index contributed by atoms with van der Waals surface area (Å²) < 4.78 is 5.53. The van der Waals surface area contributed by atoms with Crippen LogP contribution in [0.25, 0.3) is 22.1 Å². The fourth-order valence-corrected chi connectivity index (χ4v) is 2.45. The zero-order chi connectivity index (χ0) is 16.2. The first-order chi connectivity index (χ1) is 11.2. The van der Waals surface area contributed by atoms with E-state index in [1.165, 1.54) is 7.11 Å². The third-order valence-corrected chi connectivity index (χ3v) is 3.72. The summed E-state index contributed by atoms with van der Waals surface area (Å²) in [5.74, 6) is -0.482. The Balaban J connectivity index is 0.000000140. The van der Waals surface area contributed by atoms with E-state index in [1.807, 2.05) is 12.1 Å². The number of pyridine rings is 2. The van der Waals surface area contributed by atoms with Crippen molar-refractivity contribution in [2.45, 2.75) is 0 Å². The van der Waals surface area contributed by atoms with Gasteiger partial charge in [0.15, 0.2) is 5.69 Å². The number of aromatic amines is 2. The lowest BCUT2D eigenvalue weighted by Crippen LogP contribution is -2.02. The van der Waals surface area contributed by atoms with Crippen molar-refractivity contribution in [3.8, 4) is 0 Å². The fourth-order valence-electron chi connectivity index (χ4n) is 1.91. The molecule has 4 aromatic rings. The molecule has 0 aliphatic rings. The van der Waals surface area contributed by atoms with Gasteiger partial charge < -0.3 is 4.74 Å². The van der Waals surface area contributed by atoms with Crippen molar-refractivity contribution in [1.82, 2.24) is 30.4 Å². The number of carbonyl (C=O) groups is 1. The Hall–Kier alpha value is -2.56. The van der Waals surface area contributed by atoms with Gasteiger partial charge in [-0.2, -0.15) is 10.2 Å². The number of nitrogens with zero attached hydrogens (tertiary/aromatic N) is 4. The summed E-state index contributed by atoms with van der Waals surface area (Å²) in [4.78, 5) is 19.3. The third kappa shape index (κ3) is 3.13. The quantitative estimate of drug-likeness (QED) is 0.360. The summed E-state index contributed by atoms with van der Waals surface area (Å²) >= 11 is 2.17. The molecule has 4 rings (SSSR count). The van der Waals surface area contributed by atoms with E-state index in [9.17, 15) is 4.79 Å². The molecule has 23 heavy (non-hydrogen) atoms. The van der Waals surface area contributed by atoms with Gasteiger partial charge in [0.2, 0.25) is 0 Å². The average molecular weight is 422 g/mol. The number of halogens is 1. The Bertz CT molecular complexity index is 964. The van der Waals surface area contributed by atoms with Crippen molar-refractivity contribution in [3.63, 3.8) is 0 Å². The standard InChI is InChI=1S/C8H7N3O2.C6H4IN3/c1-13-8(12)7-6-5(10-11-7)3-2-4-9-6;7-6-5-4(9-10-6)2-1-3-8-5/h2-4H,1H3,(H,10,11);1-3H,(H,9,10). The smallest absolute Gasteiger partial charge is 0.360 e. The van der Waals surface area contributed by atoms with E-state index in [2.05, 4.69) is 57.7 Å². The van der Waals surface area contributed by atoms with E-state index < -0.39 is 5.97 Å². The molecule has 8 nitrogen and oxygen atoms in total. The van der Waals surface area contributed by atoms with Crippen molar-refractivity contribution >= 4 is 50.6 Å². The number of aromatic nitrogens is 6. The van der Waals surface area contributed by atoms with E-state index in [0.717, 1.165) is 20.3 Å². The van der Waals surface area contributed by atoms with Gasteiger partial charge in [0.1, 0.15) is 20.3 Å². The van der Waals surface area contributed by atoms with Gasteiger partial charge in [-0.3, -0.25) is 20.2 Å². The average Bonchev–Trinajstić information content (AvgIpc) is 3.19. The van der Waals surface area contributed by atoms with Crippen LogP contribution in [0.3, 0.4) is 0 Å². The van der Waals surface area contributed by atoms with E-state index >= 15 is 0 Å². The summed E-state index contributed by atoms with van der Waals surface area (Å²) in [7, 11) is 1.31. The minimum absolute atomic E-state index is 0.220. The summed E-state index contributed by atoms with van der Waals surface area (Å²) in [6.45, 7) is 0. The molecule has 0 spiro atoms.